The molecule has 1 aliphatic heterocycles. The lowest BCUT2D eigenvalue weighted by Gasteiger charge is -2.26. The third kappa shape index (κ3) is 2.71. The fraction of sp³-hybridized carbons (Fsp3) is 0.312. The molecule has 0 radical (unpaired) electrons. The molecule has 8 nitrogen and oxygen atoms in total. The highest BCUT2D eigenvalue weighted by Gasteiger charge is 2.19. The number of carbonyl (C=O) groups excluding carboxylic acids is 1. The fourth-order valence-electron chi connectivity index (χ4n) is 2.79. The first-order valence-electron chi connectivity index (χ1n) is 7.84. The molecular weight excluding hydrogens is 308 g/mol. The molecule has 3 aromatic heterocycles. The molecule has 124 valence electrons. The van der Waals surface area contributed by atoms with E-state index in [0.717, 1.165) is 29.7 Å². The van der Waals surface area contributed by atoms with Gasteiger partial charge in [0.1, 0.15) is 5.52 Å². The Balaban J connectivity index is 1.57. The molecule has 8 heteroatoms. The molecule has 3 aromatic rings. The van der Waals surface area contributed by atoms with Gasteiger partial charge in [0.25, 0.3) is 0 Å². The van der Waals surface area contributed by atoms with Gasteiger partial charge in [-0.25, -0.2) is 9.31 Å². The SMILES string of the molecule is Cn1cc(-c2ccc3c(OC(=O)N4CCNCC4)cnn3c2)cn1. The van der Waals surface area contributed by atoms with E-state index >= 15 is 0 Å². The average Bonchev–Trinajstić information content (AvgIpc) is 3.22. The topological polar surface area (TPSA) is 76.7 Å². The van der Waals surface area contributed by atoms with E-state index < -0.39 is 0 Å². The Labute approximate surface area is 138 Å². The molecule has 0 saturated carbocycles. The van der Waals surface area contributed by atoms with Gasteiger partial charge in [0.2, 0.25) is 0 Å². The molecule has 0 unspecified atom stereocenters. The molecule has 1 N–H and O–H groups in total. The molecule has 0 bridgehead atoms. The van der Waals surface area contributed by atoms with Crippen molar-refractivity contribution < 1.29 is 9.53 Å². The minimum Gasteiger partial charge on any atom is -0.406 e. The second-order valence-corrected chi connectivity index (χ2v) is 5.76. The summed E-state index contributed by atoms with van der Waals surface area (Å²) in [6.07, 6.45) is 6.88. The third-order valence-corrected chi connectivity index (χ3v) is 4.09. The van der Waals surface area contributed by atoms with Crippen molar-refractivity contribution in [3.63, 3.8) is 0 Å². The number of amides is 1. The summed E-state index contributed by atoms with van der Waals surface area (Å²) in [7, 11) is 1.88. The van der Waals surface area contributed by atoms with Gasteiger partial charge in [0.05, 0.1) is 12.4 Å². The summed E-state index contributed by atoms with van der Waals surface area (Å²) >= 11 is 0. The zero-order valence-corrected chi connectivity index (χ0v) is 13.3. The number of rotatable bonds is 2. The van der Waals surface area contributed by atoms with Crippen LogP contribution in [0.15, 0.2) is 36.9 Å². The zero-order valence-electron chi connectivity index (χ0n) is 13.3. The van der Waals surface area contributed by atoms with Crippen molar-refractivity contribution in [2.45, 2.75) is 0 Å². The molecule has 1 amide bonds. The lowest BCUT2D eigenvalue weighted by atomic mass is 10.1. The van der Waals surface area contributed by atoms with E-state index in [0.29, 0.717) is 18.8 Å². The van der Waals surface area contributed by atoms with E-state index in [1.54, 1.807) is 26.5 Å². The Morgan fingerprint density at radius 1 is 1.12 bits per heavy atom. The maximum absolute atomic E-state index is 12.2. The number of carbonyl (C=O) groups is 1. The molecule has 4 rings (SSSR count). The zero-order chi connectivity index (χ0) is 16.5. The second-order valence-electron chi connectivity index (χ2n) is 5.76. The van der Waals surface area contributed by atoms with Crippen molar-refractivity contribution in [2.75, 3.05) is 26.2 Å². The van der Waals surface area contributed by atoms with Crippen LogP contribution in [0.1, 0.15) is 0 Å². The highest BCUT2D eigenvalue weighted by Crippen LogP contribution is 2.24. The molecular formula is C16H18N6O2. The normalized spacial score (nSPS) is 15.0. The first kappa shape index (κ1) is 14.7. The number of aromatic nitrogens is 4. The molecule has 1 saturated heterocycles. The van der Waals surface area contributed by atoms with Gasteiger partial charge in [-0.05, 0) is 6.07 Å². The Hall–Kier alpha value is -2.87. The molecule has 4 heterocycles. The Morgan fingerprint density at radius 3 is 2.71 bits per heavy atom. The van der Waals surface area contributed by atoms with Crippen LogP contribution in [-0.2, 0) is 7.05 Å². The van der Waals surface area contributed by atoms with Crippen LogP contribution in [0, 0.1) is 0 Å². The van der Waals surface area contributed by atoms with Gasteiger partial charge >= 0.3 is 6.09 Å². The van der Waals surface area contributed by atoms with E-state index in [4.69, 9.17) is 4.74 Å². The van der Waals surface area contributed by atoms with Gasteiger partial charge in [0.15, 0.2) is 5.75 Å². The van der Waals surface area contributed by atoms with Gasteiger partial charge in [-0.1, -0.05) is 6.07 Å². The number of aryl methyl sites for hydroxylation is 1. The highest BCUT2D eigenvalue weighted by atomic mass is 16.6. The van der Waals surface area contributed by atoms with Gasteiger partial charge in [0, 0.05) is 56.7 Å². The summed E-state index contributed by atoms with van der Waals surface area (Å²) in [5.41, 5.74) is 2.76. The maximum atomic E-state index is 12.2. The Bertz CT molecular complexity index is 878. The fourth-order valence-corrected chi connectivity index (χ4v) is 2.79. The number of pyridine rings is 1. The summed E-state index contributed by atoms with van der Waals surface area (Å²) in [5, 5.41) is 11.7. The summed E-state index contributed by atoms with van der Waals surface area (Å²) in [5.74, 6) is 0.469. The smallest absolute Gasteiger partial charge is 0.406 e. The summed E-state index contributed by atoms with van der Waals surface area (Å²) in [4.78, 5) is 13.9. The summed E-state index contributed by atoms with van der Waals surface area (Å²) in [6, 6.07) is 3.87. The van der Waals surface area contributed by atoms with E-state index in [-0.39, 0.29) is 6.09 Å². The van der Waals surface area contributed by atoms with Crippen LogP contribution in [0.3, 0.4) is 0 Å². The number of piperazine rings is 1. The molecule has 24 heavy (non-hydrogen) atoms. The Morgan fingerprint density at radius 2 is 1.96 bits per heavy atom. The monoisotopic (exact) mass is 326 g/mol. The predicted molar refractivity (Wildman–Crippen MR) is 87.9 cm³/mol. The number of hydrogen-bond donors (Lipinski definition) is 1. The lowest BCUT2D eigenvalue weighted by molar-refractivity contribution is 0.146. The summed E-state index contributed by atoms with van der Waals surface area (Å²) < 4.78 is 8.98. The van der Waals surface area contributed by atoms with Crippen molar-refractivity contribution >= 4 is 11.6 Å². The van der Waals surface area contributed by atoms with Crippen LogP contribution < -0.4 is 10.1 Å². The molecule has 0 spiro atoms. The van der Waals surface area contributed by atoms with Gasteiger partial charge in [-0.15, -0.1) is 0 Å². The summed E-state index contributed by atoms with van der Waals surface area (Å²) in [6.45, 7) is 2.89. The average molecular weight is 326 g/mol. The molecule has 0 aromatic carbocycles. The number of nitrogens with zero attached hydrogens (tertiary/aromatic N) is 5. The highest BCUT2D eigenvalue weighted by molar-refractivity contribution is 5.75. The van der Waals surface area contributed by atoms with Gasteiger partial charge in [-0.2, -0.15) is 10.2 Å². The van der Waals surface area contributed by atoms with Crippen LogP contribution in [0.5, 0.6) is 5.75 Å². The second kappa shape index (κ2) is 5.97. The van der Waals surface area contributed by atoms with Crippen LogP contribution in [-0.4, -0.2) is 56.6 Å². The van der Waals surface area contributed by atoms with Crippen molar-refractivity contribution in [3.8, 4) is 16.9 Å². The first-order chi connectivity index (χ1) is 11.7. The molecule has 0 atom stereocenters. The van der Waals surface area contributed by atoms with E-state index in [1.807, 2.05) is 31.6 Å². The minimum atomic E-state index is -0.331. The number of fused-ring (bicyclic) bond motifs is 1. The van der Waals surface area contributed by atoms with Crippen molar-refractivity contribution in [1.82, 2.24) is 29.6 Å². The number of ether oxygens (including phenoxy) is 1. The van der Waals surface area contributed by atoms with Gasteiger partial charge < -0.3 is 15.0 Å². The standard InChI is InChI=1S/C16H18N6O2/c1-20-10-13(8-18-20)12-2-3-14-15(9-19-22(14)11-12)24-16(23)21-6-4-17-5-7-21/h2-3,8-11,17H,4-7H2,1H3. The number of nitrogens with one attached hydrogen (secondary N) is 1. The molecule has 1 aliphatic rings. The van der Waals surface area contributed by atoms with Crippen molar-refractivity contribution in [1.29, 1.82) is 0 Å². The van der Waals surface area contributed by atoms with Crippen LogP contribution in [0.4, 0.5) is 4.79 Å². The third-order valence-electron chi connectivity index (χ3n) is 4.09. The van der Waals surface area contributed by atoms with E-state index in [2.05, 4.69) is 15.5 Å². The minimum absolute atomic E-state index is 0.331. The van der Waals surface area contributed by atoms with Crippen LogP contribution >= 0.6 is 0 Å². The quantitative estimate of drug-likeness (QED) is 0.764. The predicted octanol–water partition coefficient (Wildman–Crippen LogP) is 1.14. The maximum Gasteiger partial charge on any atom is 0.415 e. The lowest BCUT2D eigenvalue weighted by Crippen LogP contribution is -2.47. The van der Waals surface area contributed by atoms with Crippen molar-refractivity contribution in [2.24, 2.45) is 7.05 Å². The number of hydrogen-bond acceptors (Lipinski definition) is 5. The molecule has 1 fully saturated rings. The molecule has 0 aliphatic carbocycles. The van der Waals surface area contributed by atoms with Gasteiger partial charge in [-0.3, -0.25) is 4.68 Å². The van der Waals surface area contributed by atoms with E-state index in [1.165, 1.54) is 0 Å². The van der Waals surface area contributed by atoms with Crippen LogP contribution in [0.25, 0.3) is 16.6 Å². The Kier molecular flexibility index (Phi) is 3.66. The van der Waals surface area contributed by atoms with Crippen LogP contribution in [0.2, 0.25) is 0 Å². The largest absolute Gasteiger partial charge is 0.415 e. The van der Waals surface area contributed by atoms with E-state index in [9.17, 15) is 4.79 Å². The van der Waals surface area contributed by atoms with Crippen molar-refractivity contribution in [3.05, 3.63) is 36.9 Å². The first-order valence-corrected chi connectivity index (χ1v) is 7.84.